The van der Waals surface area contributed by atoms with Crippen LogP contribution >= 0.6 is 11.8 Å². The van der Waals surface area contributed by atoms with Crippen LogP contribution in [0, 0.1) is 12.3 Å². The van der Waals surface area contributed by atoms with E-state index in [0.29, 0.717) is 13.2 Å². The predicted molar refractivity (Wildman–Crippen MR) is 73.8 cm³/mol. The zero-order valence-electron chi connectivity index (χ0n) is 11.7. The van der Waals surface area contributed by atoms with Crippen molar-refractivity contribution in [3.05, 3.63) is 23.4 Å². The molecule has 0 aliphatic carbocycles. The quantitative estimate of drug-likeness (QED) is 0.769. The summed E-state index contributed by atoms with van der Waals surface area (Å²) in [7, 11) is 0. The molecule has 0 spiro atoms. The van der Waals surface area contributed by atoms with Gasteiger partial charge in [-0.25, -0.2) is 4.98 Å². The number of aromatic nitrogens is 1. The van der Waals surface area contributed by atoms with E-state index in [2.05, 4.69) is 38.7 Å². The molecule has 18 heavy (non-hydrogen) atoms. The standard InChI is InChI=1S/C14H21NO2S/c1-10-8-11(9-15-12(10)18-5)14(13(2,3)4)16-6-7-17-14/h8-9H,6-7H2,1-5H3. The SMILES string of the molecule is CSc1ncc(C2(C(C)(C)C)OCCO2)cc1C. The highest BCUT2D eigenvalue weighted by Gasteiger charge is 2.49. The van der Waals surface area contributed by atoms with E-state index in [-0.39, 0.29) is 5.41 Å². The van der Waals surface area contributed by atoms with Crippen molar-refractivity contribution >= 4 is 11.8 Å². The van der Waals surface area contributed by atoms with E-state index in [0.717, 1.165) is 10.6 Å². The monoisotopic (exact) mass is 267 g/mol. The lowest BCUT2D eigenvalue weighted by molar-refractivity contribution is -0.232. The topological polar surface area (TPSA) is 31.4 Å². The van der Waals surface area contributed by atoms with Crippen LogP contribution in [0.15, 0.2) is 17.3 Å². The first-order valence-corrected chi connectivity index (χ1v) is 7.42. The zero-order valence-corrected chi connectivity index (χ0v) is 12.6. The summed E-state index contributed by atoms with van der Waals surface area (Å²) in [5.74, 6) is -0.665. The number of thioether (sulfide) groups is 1. The molecule has 0 unspecified atom stereocenters. The third kappa shape index (κ3) is 2.17. The van der Waals surface area contributed by atoms with Crippen molar-refractivity contribution in [2.24, 2.45) is 5.41 Å². The maximum Gasteiger partial charge on any atom is 0.201 e. The molecular formula is C14H21NO2S. The summed E-state index contributed by atoms with van der Waals surface area (Å²) >= 11 is 1.66. The third-order valence-corrected chi connectivity index (χ3v) is 4.10. The predicted octanol–water partition coefficient (Wildman–Crippen LogP) is 3.36. The molecule has 1 fully saturated rings. The van der Waals surface area contributed by atoms with Gasteiger partial charge in [-0.1, -0.05) is 20.8 Å². The first-order valence-electron chi connectivity index (χ1n) is 6.20. The highest BCUT2D eigenvalue weighted by atomic mass is 32.2. The van der Waals surface area contributed by atoms with Gasteiger partial charge in [-0.3, -0.25) is 0 Å². The largest absolute Gasteiger partial charge is 0.343 e. The van der Waals surface area contributed by atoms with Gasteiger partial charge in [0, 0.05) is 17.2 Å². The summed E-state index contributed by atoms with van der Waals surface area (Å²) in [5.41, 5.74) is 2.06. The lowest BCUT2D eigenvalue weighted by atomic mass is 9.81. The Kier molecular flexibility index (Phi) is 3.72. The molecule has 2 rings (SSSR count). The molecule has 0 atom stereocenters. The van der Waals surface area contributed by atoms with E-state index in [1.54, 1.807) is 11.8 Å². The van der Waals surface area contributed by atoms with Gasteiger partial charge in [-0.05, 0) is 24.8 Å². The molecule has 0 saturated carbocycles. The van der Waals surface area contributed by atoms with Crippen molar-refractivity contribution < 1.29 is 9.47 Å². The summed E-state index contributed by atoms with van der Waals surface area (Å²) in [5, 5.41) is 1.06. The Labute approximate surface area is 113 Å². The minimum absolute atomic E-state index is 0.126. The van der Waals surface area contributed by atoms with Gasteiger partial charge >= 0.3 is 0 Å². The first kappa shape index (κ1) is 13.8. The number of pyridine rings is 1. The number of nitrogens with zero attached hydrogens (tertiary/aromatic N) is 1. The van der Waals surface area contributed by atoms with E-state index >= 15 is 0 Å². The van der Waals surface area contributed by atoms with Crippen molar-refractivity contribution in [2.45, 2.75) is 38.5 Å². The highest BCUT2D eigenvalue weighted by Crippen LogP contribution is 2.46. The fraction of sp³-hybridized carbons (Fsp3) is 0.643. The average Bonchev–Trinajstić information content (AvgIpc) is 2.78. The molecule has 1 saturated heterocycles. The molecule has 4 heteroatoms. The third-order valence-electron chi connectivity index (χ3n) is 3.28. The number of rotatable bonds is 2. The van der Waals surface area contributed by atoms with Crippen LogP contribution in [0.1, 0.15) is 31.9 Å². The highest BCUT2D eigenvalue weighted by molar-refractivity contribution is 7.98. The Hall–Kier alpha value is -0.580. The number of hydrogen-bond donors (Lipinski definition) is 0. The van der Waals surface area contributed by atoms with Gasteiger partial charge in [0.05, 0.1) is 18.2 Å². The molecule has 1 aliphatic heterocycles. The fourth-order valence-corrected chi connectivity index (χ4v) is 2.94. The van der Waals surface area contributed by atoms with Gasteiger partial charge < -0.3 is 9.47 Å². The Morgan fingerprint density at radius 2 is 1.89 bits per heavy atom. The molecule has 2 heterocycles. The molecule has 0 aromatic carbocycles. The summed E-state index contributed by atoms with van der Waals surface area (Å²) in [6.45, 7) is 9.76. The van der Waals surface area contributed by atoms with Gasteiger partial charge in [0.15, 0.2) is 0 Å². The molecule has 0 bridgehead atoms. The van der Waals surface area contributed by atoms with Crippen molar-refractivity contribution in [3.8, 4) is 0 Å². The lowest BCUT2D eigenvalue weighted by Gasteiger charge is -2.39. The molecule has 1 aliphatic rings. The Morgan fingerprint density at radius 3 is 2.33 bits per heavy atom. The molecule has 0 N–H and O–H groups in total. The smallest absolute Gasteiger partial charge is 0.201 e. The van der Waals surface area contributed by atoms with Gasteiger partial charge in [0.1, 0.15) is 0 Å². The minimum atomic E-state index is -0.665. The second-order valence-electron chi connectivity index (χ2n) is 5.61. The van der Waals surface area contributed by atoms with E-state index in [1.165, 1.54) is 5.56 Å². The van der Waals surface area contributed by atoms with Crippen LogP contribution in [-0.2, 0) is 15.3 Å². The number of ether oxygens (including phenoxy) is 2. The molecule has 1 aromatic rings. The first-order chi connectivity index (χ1) is 8.40. The van der Waals surface area contributed by atoms with Gasteiger partial charge in [0.2, 0.25) is 5.79 Å². The summed E-state index contributed by atoms with van der Waals surface area (Å²) < 4.78 is 11.9. The van der Waals surface area contributed by atoms with Crippen LogP contribution in [0.3, 0.4) is 0 Å². The van der Waals surface area contributed by atoms with Gasteiger partial charge in [-0.15, -0.1) is 11.8 Å². The molecule has 3 nitrogen and oxygen atoms in total. The van der Waals surface area contributed by atoms with Crippen LogP contribution in [0.25, 0.3) is 0 Å². The van der Waals surface area contributed by atoms with E-state index in [4.69, 9.17) is 9.47 Å². The minimum Gasteiger partial charge on any atom is -0.343 e. The van der Waals surface area contributed by atoms with Crippen molar-refractivity contribution in [1.29, 1.82) is 0 Å². The number of aryl methyl sites for hydroxylation is 1. The normalized spacial score (nSPS) is 19.2. The zero-order chi connectivity index (χ0) is 13.4. The fourth-order valence-electron chi connectivity index (χ4n) is 2.40. The maximum atomic E-state index is 5.95. The van der Waals surface area contributed by atoms with Gasteiger partial charge in [0.25, 0.3) is 0 Å². The van der Waals surface area contributed by atoms with Crippen LogP contribution in [-0.4, -0.2) is 24.5 Å². The molecule has 0 radical (unpaired) electrons. The second-order valence-corrected chi connectivity index (χ2v) is 6.41. The van der Waals surface area contributed by atoms with E-state index in [1.807, 2.05) is 12.5 Å². The number of hydrogen-bond acceptors (Lipinski definition) is 4. The Morgan fingerprint density at radius 1 is 1.28 bits per heavy atom. The van der Waals surface area contributed by atoms with Crippen molar-refractivity contribution in [3.63, 3.8) is 0 Å². The van der Waals surface area contributed by atoms with Crippen LogP contribution < -0.4 is 0 Å². The summed E-state index contributed by atoms with van der Waals surface area (Å²) in [6.07, 6.45) is 3.92. The maximum absolute atomic E-state index is 5.95. The average molecular weight is 267 g/mol. The Balaban J connectivity index is 2.47. The molecular weight excluding hydrogens is 246 g/mol. The van der Waals surface area contributed by atoms with Gasteiger partial charge in [-0.2, -0.15) is 0 Å². The van der Waals surface area contributed by atoms with Crippen molar-refractivity contribution in [2.75, 3.05) is 19.5 Å². The summed E-state index contributed by atoms with van der Waals surface area (Å²) in [6, 6.07) is 2.13. The summed E-state index contributed by atoms with van der Waals surface area (Å²) in [4.78, 5) is 4.50. The Bertz CT molecular complexity index is 434. The second kappa shape index (κ2) is 4.83. The molecule has 0 amide bonds. The van der Waals surface area contributed by atoms with Crippen molar-refractivity contribution in [1.82, 2.24) is 4.98 Å². The lowest BCUT2D eigenvalue weighted by Crippen LogP contribution is -2.41. The van der Waals surface area contributed by atoms with Crippen LogP contribution in [0.5, 0.6) is 0 Å². The van der Waals surface area contributed by atoms with E-state index in [9.17, 15) is 0 Å². The molecule has 1 aromatic heterocycles. The van der Waals surface area contributed by atoms with Crippen LogP contribution in [0.2, 0.25) is 0 Å². The van der Waals surface area contributed by atoms with E-state index < -0.39 is 5.79 Å². The molecule has 100 valence electrons. The van der Waals surface area contributed by atoms with Crippen LogP contribution in [0.4, 0.5) is 0 Å².